The molecule has 0 unspecified atom stereocenters. The molecule has 2 aromatic rings. The predicted molar refractivity (Wildman–Crippen MR) is 81.3 cm³/mol. The smallest absolute Gasteiger partial charge is 0.179 e. The van der Waals surface area contributed by atoms with E-state index in [0.717, 1.165) is 0 Å². The molecule has 1 aromatic carbocycles. The second kappa shape index (κ2) is 6.93. The highest BCUT2D eigenvalue weighted by Crippen LogP contribution is 2.38. The molecule has 7 heteroatoms. The van der Waals surface area contributed by atoms with Crippen LogP contribution in [0, 0.1) is 0 Å². The van der Waals surface area contributed by atoms with E-state index in [9.17, 15) is 0 Å². The first kappa shape index (κ1) is 15.8. The number of rotatable bonds is 5. The van der Waals surface area contributed by atoms with Gasteiger partial charge in [0.05, 0.1) is 31.5 Å². The van der Waals surface area contributed by atoms with E-state index in [1.807, 2.05) is 0 Å². The lowest BCUT2D eigenvalue weighted by Crippen LogP contribution is -1.99. The second-order valence-electron chi connectivity index (χ2n) is 4.13. The van der Waals surface area contributed by atoms with Crippen molar-refractivity contribution >= 4 is 23.2 Å². The Labute approximate surface area is 132 Å². The van der Waals surface area contributed by atoms with Crippen molar-refractivity contribution in [2.75, 3.05) is 21.3 Å². The first-order valence-electron chi connectivity index (χ1n) is 6.03. The SMILES string of the molecule is COCc1cc(Cl)nc(-c2cc(Cl)c(OC)c(OC)c2)n1. The van der Waals surface area contributed by atoms with Gasteiger partial charge in [0.2, 0.25) is 0 Å². The third-order valence-electron chi connectivity index (χ3n) is 2.73. The third-order valence-corrected chi connectivity index (χ3v) is 3.21. The van der Waals surface area contributed by atoms with Crippen LogP contribution in [0.15, 0.2) is 18.2 Å². The van der Waals surface area contributed by atoms with Gasteiger partial charge in [-0.15, -0.1) is 0 Å². The largest absolute Gasteiger partial charge is 0.493 e. The fourth-order valence-corrected chi connectivity index (χ4v) is 2.36. The lowest BCUT2D eigenvalue weighted by Gasteiger charge is -2.11. The average Bonchev–Trinajstić information content (AvgIpc) is 2.46. The van der Waals surface area contributed by atoms with Crippen molar-refractivity contribution in [2.45, 2.75) is 6.61 Å². The van der Waals surface area contributed by atoms with Gasteiger partial charge in [-0.1, -0.05) is 23.2 Å². The van der Waals surface area contributed by atoms with Crippen molar-refractivity contribution in [3.05, 3.63) is 34.1 Å². The van der Waals surface area contributed by atoms with E-state index in [0.29, 0.717) is 45.4 Å². The number of hydrogen-bond donors (Lipinski definition) is 0. The molecule has 0 bridgehead atoms. The topological polar surface area (TPSA) is 53.5 Å². The van der Waals surface area contributed by atoms with Crippen LogP contribution in [0.25, 0.3) is 11.4 Å². The molecule has 2 rings (SSSR count). The highest BCUT2D eigenvalue weighted by molar-refractivity contribution is 6.32. The van der Waals surface area contributed by atoms with Crippen LogP contribution in [0.1, 0.15) is 5.69 Å². The fourth-order valence-electron chi connectivity index (χ4n) is 1.86. The highest BCUT2D eigenvalue weighted by atomic mass is 35.5. The van der Waals surface area contributed by atoms with Gasteiger partial charge in [-0.2, -0.15) is 0 Å². The van der Waals surface area contributed by atoms with Crippen molar-refractivity contribution in [3.63, 3.8) is 0 Å². The minimum atomic E-state index is 0.331. The number of aromatic nitrogens is 2. The summed E-state index contributed by atoms with van der Waals surface area (Å²) in [5.41, 5.74) is 1.36. The number of methoxy groups -OCH3 is 3. The molecule has 0 N–H and O–H groups in total. The Bertz CT molecular complexity index is 650. The Hall–Kier alpha value is -1.56. The van der Waals surface area contributed by atoms with E-state index in [1.165, 1.54) is 14.2 Å². The van der Waals surface area contributed by atoms with E-state index in [-0.39, 0.29) is 0 Å². The van der Waals surface area contributed by atoms with Crippen LogP contribution in [0.5, 0.6) is 11.5 Å². The lowest BCUT2D eigenvalue weighted by molar-refractivity contribution is 0.181. The van der Waals surface area contributed by atoms with Crippen LogP contribution in [0.4, 0.5) is 0 Å². The monoisotopic (exact) mass is 328 g/mol. The van der Waals surface area contributed by atoms with Crippen molar-refractivity contribution in [1.29, 1.82) is 0 Å². The molecule has 1 heterocycles. The minimum absolute atomic E-state index is 0.331. The molecule has 112 valence electrons. The van der Waals surface area contributed by atoms with E-state index >= 15 is 0 Å². The van der Waals surface area contributed by atoms with Gasteiger partial charge in [-0.25, -0.2) is 9.97 Å². The minimum Gasteiger partial charge on any atom is -0.493 e. The molecule has 0 aliphatic rings. The molecule has 21 heavy (non-hydrogen) atoms. The molecule has 0 aliphatic carbocycles. The summed E-state index contributed by atoms with van der Waals surface area (Å²) in [5, 5.41) is 0.738. The third kappa shape index (κ3) is 3.56. The Balaban J connectivity index is 2.53. The van der Waals surface area contributed by atoms with Crippen LogP contribution >= 0.6 is 23.2 Å². The Morgan fingerprint density at radius 1 is 1.00 bits per heavy atom. The molecule has 0 spiro atoms. The van der Waals surface area contributed by atoms with Crippen LogP contribution in [-0.2, 0) is 11.3 Å². The summed E-state index contributed by atoms with van der Waals surface area (Å²) in [6.45, 7) is 0.344. The summed E-state index contributed by atoms with van der Waals surface area (Å²) in [7, 11) is 4.64. The van der Waals surface area contributed by atoms with E-state index < -0.39 is 0 Å². The second-order valence-corrected chi connectivity index (χ2v) is 4.93. The quantitative estimate of drug-likeness (QED) is 0.784. The molecular weight excluding hydrogens is 315 g/mol. The maximum absolute atomic E-state index is 6.19. The first-order valence-corrected chi connectivity index (χ1v) is 6.79. The molecule has 0 aliphatic heterocycles. The zero-order valence-corrected chi connectivity index (χ0v) is 13.3. The Morgan fingerprint density at radius 3 is 2.38 bits per heavy atom. The van der Waals surface area contributed by atoms with Gasteiger partial charge in [0.15, 0.2) is 17.3 Å². The van der Waals surface area contributed by atoms with Crippen LogP contribution in [0.2, 0.25) is 10.2 Å². The fraction of sp³-hybridized carbons (Fsp3) is 0.286. The van der Waals surface area contributed by atoms with Crippen LogP contribution in [0.3, 0.4) is 0 Å². The van der Waals surface area contributed by atoms with Crippen LogP contribution in [-0.4, -0.2) is 31.3 Å². The Kier molecular flexibility index (Phi) is 5.22. The van der Waals surface area contributed by atoms with Crippen molar-refractivity contribution in [2.24, 2.45) is 0 Å². The zero-order valence-electron chi connectivity index (χ0n) is 11.8. The highest BCUT2D eigenvalue weighted by Gasteiger charge is 2.14. The molecule has 0 fully saturated rings. The van der Waals surface area contributed by atoms with Gasteiger partial charge >= 0.3 is 0 Å². The van der Waals surface area contributed by atoms with Gasteiger partial charge in [0.1, 0.15) is 5.15 Å². The average molecular weight is 329 g/mol. The molecule has 1 aromatic heterocycles. The van der Waals surface area contributed by atoms with Gasteiger partial charge in [0.25, 0.3) is 0 Å². The predicted octanol–water partition coefficient (Wildman–Crippen LogP) is 3.61. The van der Waals surface area contributed by atoms with Crippen molar-refractivity contribution < 1.29 is 14.2 Å². The van der Waals surface area contributed by atoms with E-state index in [4.69, 9.17) is 37.4 Å². The number of nitrogens with zero attached hydrogens (tertiary/aromatic N) is 2. The van der Waals surface area contributed by atoms with Crippen LogP contribution < -0.4 is 9.47 Å². The normalized spacial score (nSPS) is 10.5. The molecule has 0 amide bonds. The summed E-state index contributed by atoms with van der Waals surface area (Å²) in [6.07, 6.45) is 0. The molecule has 5 nitrogen and oxygen atoms in total. The number of ether oxygens (including phenoxy) is 3. The maximum Gasteiger partial charge on any atom is 0.179 e. The summed E-state index contributed by atoms with van der Waals surface area (Å²) in [5.74, 6) is 1.40. The van der Waals surface area contributed by atoms with Gasteiger partial charge in [-0.3, -0.25) is 0 Å². The number of hydrogen-bond acceptors (Lipinski definition) is 5. The first-order chi connectivity index (χ1) is 10.1. The van der Waals surface area contributed by atoms with E-state index in [1.54, 1.807) is 25.3 Å². The lowest BCUT2D eigenvalue weighted by atomic mass is 10.2. The van der Waals surface area contributed by atoms with Gasteiger partial charge < -0.3 is 14.2 Å². The maximum atomic E-state index is 6.19. The zero-order chi connectivity index (χ0) is 15.4. The van der Waals surface area contributed by atoms with E-state index in [2.05, 4.69) is 9.97 Å². The molecule has 0 saturated heterocycles. The summed E-state index contributed by atoms with van der Waals surface area (Å²) in [6, 6.07) is 5.09. The molecular formula is C14H14Cl2N2O3. The molecule has 0 saturated carbocycles. The molecule has 0 atom stereocenters. The summed E-state index contributed by atoms with van der Waals surface area (Å²) >= 11 is 12.2. The van der Waals surface area contributed by atoms with Gasteiger partial charge in [-0.05, 0) is 18.2 Å². The summed E-state index contributed by atoms with van der Waals surface area (Å²) < 4.78 is 15.5. The number of benzene rings is 1. The number of halogens is 2. The molecule has 0 radical (unpaired) electrons. The Morgan fingerprint density at radius 2 is 1.76 bits per heavy atom. The van der Waals surface area contributed by atoms with Crippen molar-refractivity contribution in [3.8, 4) is 22.9 Å². The standard InChI is InChI=1S/C14H14Cl2N2O3/c1-19-7-9-6-12(16)18-14(17-9)8-4-10(15)13(21-3)11(5-8)20-2/h4-6H,7H2,1-3H3. The summed E-state index contributed by atoms with van der Waals surface area (Å²) in [4.78, 5) is 8.59. The van der Waals surface area contributed by atoms with Crippen molar-refractivity contribution in [1.82, 2.24) is 9.97 Å². The van der Waals surface area contributed by atoms with Gasteiger partial charge in [0, 0.05) is 12.7 Å².